The summed E-state index contributed by atoms with van der Waals surface area (Å²) in [5.41, 5.74) is 0. The van der Waals surface area contributed by atoms with Gasteiger partial charge in [-0.1, -0.05) is 58.8 Å². The van der Waals surface area contributed by atoms with Crippen molar-refractivity contribution in [2.24, 2.45) is 0 Å². The van der Waals surface area contributed by atoms with E-state index in [0.717, 1.165) is 25.7 Å². The SMILES string of the molecule is CCCCCCCCC(=O)NC(CCCC)C(=O)O. The van der Waals surface area contributed by atoms with Crippen LogP contribution in [0.3, 0.4) is 0 Å². The van der Waals surface area contributed by atoms with Crippen molar-refractivity contribution in [1.29, 1.82) is 0 Å². The van der Waals surface area contributed by atoms with E-state index in [1.165, 1.54) is 25.7 Å². The summed E-state index contributed by atoms with van der Waals surface area (Å²) in [4.78, 5) is 22.6. The number of hydrogen-bond acceptors (Lipinski definition) is 2. The van der Waals surface area contributed by atoms with E-state index >= 15 is 0 Å². The van der Waals surface area contributed by atoms with Crippen molar-refractivity contribution in [2.75, 3.05) is 0 Å². The van der Waals surface area contributed by atoms with Crippen LogP contribution in [0, 0.1) is 0 Å². The molecule has 0 aromatic carbocycles. The first-order valence-corrected chi connectivity index (χ1v) is 7.64. The fourth-order valence-electron chi connectivity index (χ4n) is 2.00. The quantitative estimate of drug-likeness (QED) is 0.534. The smallest absolute Gasteiger partial charge is 0.326 e. The van der Waals surface area contributed by atoms with E-state index in [1.807, 2.05) is 6.92 Å². The van der Waals surface area contributed by atoms with E-state index in [-0.39, 0.29) is 5.91 Å². The van der Waals surface area contributed by atoms with E-state index in [9.17, 15) is 9.59 Å². The molecule has 1 unspecified atom stereocenters. The van der Waals surface area contributed by atoms with E-state index < -0.39 is 12.0 Å². The lowest BCUT2D eigenvalue weighted by Crippen LogP contribution is -2.40. The highest BCUT2D eigenvalue weighted by Crippen LogP contribution is 2.07. The van der Waals surface area contributed by atoms with Crippen molar-refractivity contribution in [3.63, 3.8) is 0 Å². The van der Waals surface area contributed by atoms with Crippen LogP contribution in [0.2, 0.25) is 0 Å². The Labute approximate surface area is 117 Å². The zero-order valence-electron chi connectivity index (χ0n) is 12.4. The summed E-state index contributed by atoms with van der Waals surface area (Å²) in [6.07, 6.45) is 9.52. The van der Waals surface area contributed by atoms with E-state index in [1.54, 1.807) is 0 Å². The Morgan fingerprint density at radius 3 is 2.11 bits per heavy atom. The summed E-state index contributed by atoms with van der Waals surface area (Å²) < 4.78 is 0. The number of carbonyl (C=O) groups excluding carboxylic acids is 1. The van der Waals surface area contributed by atoms with Gasteiger partial charge in [0.15, 0.2) is 0 Å². The molecular formula is C15H29NO3. The number of aliphatic carboxylic acids is 1. The number of amides is 1. The molecule has 0 aliphatic heterocycles. The molecule has 4 nitrogen and oxygen atoms in total. The monoisotopic (exact) mass is 271 g/mol. The molecule has 0 rings (SSSR count). The minimum absolute atomic E-state index is 0.126. The fraction of sp³-hybridized carbons (Fsp3) is 0.867. The maximum atomic E-state index is 11.6. The maximum Gasteiger partial charge on any atom is 0.326 e. The summed E-state index contributed by atoms with van der Waals surface area (Å²) in [5, 5.41) is 11.6. The summed E-state index contributed by atoms with van der Waals surface area (Å²) in [6.45, 7) is 4.19. The topological polar surface area (TPSA) is 66.4 Å². The van der Waals surface area contributed by atoms with Crippen molar-refractivity contribution in [3.05, 3.63) is 0 Å². The average Bonchev–Trinajstić information content (AvgIpc) is 2.38. The molecule has 0 heterocycles. The number of carbonyl (C=O) groups is 2. The Morgan fingerprint density at radius 2 is 1.53 bits per heavy atom. The van der Waals surface area contributed by atoms with Crippen LogP contribution in [0.1, 0.15) is 78.1 Å². The summed E-state index contributed by atoms with van der Waals surface area (Å²) in [6, 6.07) is -0.715. The van der Waals surface area contributed by atoms with Gasteiger partial charge in [0.1, 0.15) is 6.04 Å². The molecule has 0 radical (unpaired) electrons. The molecule has 0 bridgehead atoms. The normalized spacial score (nSPS) is 12.1. The van der Waals surface area contributed by atoms with Crippen LogP contribution in [0.5, 0.6) is 0 Å². The highest BCUT2D eigenvalue weighted by atomic mass is 16.4. The summed E-state index contributed by atoms with van der Waals surface area (Å²) in [7, 11) is 0. The number of unbranched alkanes of at least 4 members (excludes halogenated alkanes) is 6. The van der Waals surface area contributed by atoms with E-state index in [0.29, 0.717) is 12.8 Å². The highest BCUT2D eigenvalue weighted by molar-refractivity contribution is 5.83. The average molecular weight is 271 g/mol. The summed E-state index contributed by atoms with van der Waals surface area (Å²) >= 11 is 0. The van der Waals surface area contributed by atoms with Crippen molar-refractivity contribution in [3.8, 4) is 0 Å². The second-order valence-corrected chi connectivity index (χ2v) is 5.12. The second-order valence-electron chi connectivity index (χ2n) is 5.12. The fourth-order valence-corrected chi connectivity index (χ4v) is 2.00. The Kier molecular flexibility index (Phi) is 11.3. The van der Waals surface area contributed by atoms with Gasteiger partial charge in [-0.3, -0.25) is 4.79 Å². The lowest BCUT2D eigenvalue weighted by atomic mass is 10.1. The second kappa shape index (κ2) is 12.0. The zero-order valence-corrected chi connectivity index (χ0v) is 12.4. The van der Waals surface area contributed by atoms with E-state index in [4.69, 9.17) is 5.11 Å². The Hall–Kier alpha value is -1.06. The Bertz CT molecular complexity index is 254. The third-order valence-electron chi connectivity index (χ3n) is 3.24. The first-order valence-electron chi connectivity index (χ1n) is 7.64. The largest absolute Gasteiger partial charge is 0.480 e. The number of carboxylic acid groups (broad SMARTS) is 1. The molecule has 0 aliphatic carbocycles. The van der Waals surface area contributed by atoms with Crippen LogP contribution < -0.4 is 5.32 Å². The maximum absolute atomic E-state index is 11.6. The standard InChI is InChI=1S/C15H29NO3/c1-3-5-7-8-9-10-12-14(17)16-13(15(18)19)11-6-4-2/h13H,3-12H2,1-2H3,(H,16,17)(H,18,19). The van der Waals surface area contributed by atoms with Crippen molar-refractivity contribution in [2.45, 2.75) is 84.1 Å². The lowest BCUT2D eigenvalue weighted by Gasteiger charge is -2.13. The van der Waals surface area contributed by atoms with Crippen LogP contribution in [-0.2, 0) is 9.59 Å². The number of rotatable bonds is 12. The van der Waals surface area contributed by atoms with Crippen molar-refractivity contribution < 1.29 is 14.7 Å². The molecule has 0 saturated heterocycles. The third kappa shape index (κ3) is 10.5. The van der Waals surface area contributed by atoms with Crippen LogP contribution in [0.15, 0.2) is 0 Å². The van der Waals surface area contributed by atoms with Gasteiger partial charge in [0.25, 0.3) is 0 Å². The Morgan fingerprint density at radius 1 is 0.947 bits per heavy atom. The van der Waals surface area contributed by atoms with Gasteiger partial charge in [0.05, 0.1) is 0 Å². The van der Waals surface area contributed by atoms with Gasteiger partial charge in [0.2, 0.25) is 5.91 Å². The van der Waals surface area contributed by atoms with Crippen molar-refractivity contribution in [1.82, 2.24) is 5.32 Å². The number of nitrogens with one attached hydrogen (secondary N) is 1. The highest BCUT2D eigenvalue weighted by Gasteiger charge is 2.18. The van der Waals surface area contributed by atoms with Gasteiger partial charge >= 0.3 is 5.97 Å². The first-order chi connectivity index (χ1) is 9.11. The third-order valence-corrected chi connectivity index (χ3v) is 3.24. The molecule has 0 aliphatic rings. The molecule has 2 N–H and O–H groups in total. The molecule has 0 fully saturated rings. The zero-order chi connectivity index (χ0) is 14.5. The van der Waals surface area contributed by atoms with Crippen LogP contribution in [-0.4, -0.2) is 23.0 Å². The number of carboxylic acids is 1. The molecule has 1 amide bonds. The number of hydrogen-bond donors (Lipinski definition) is 2. The van der Waals surface area contributed by atoms with Gasteiger partial charge < -0.3 is 10.4 Å². The minimum atomic E-state index is -0.926. The molecule has 0 spiro atoms. The minimum Gasteiger partial charge on any atom is -0.480 e. The van der Waals surface area contributed by atoms with Gasteiger partial charge in [-0.05, 0) is 12.8 Å². The Balaban J connectivity index is 3.71. The molecule has 1 atom stereocenters. The van der Waals surface area contributed by atoms with Gasteiger partial charge in [-0.2, -0.15) is 0 Å². The van der Waals surface area contributed by atoms with Crippen LogP contribution in [0.4, 0.5) is 0 Å². The van der Waals surface area contributed by atoms with Crippen LogP contribution in [0.25, 0.3) is 0 Å². The molecule has 4 heteroatoms. The molecule has 112 valence electrons. The predicted octanol–water partition coefficient (Wildman–Crippen LogP) is 3.50. The summed E-state index contributed by atoms with van der Waals surface area (Å²) in [5.74, 6) is -1.05. The van der Waals surface area contributed by atoms with Gasteiger partial charge in [-0.25, -0.2) is 4.79 Å². The predicted molar refractivity (Wildman–Crippen MR) is 77.1 cm³/mol. The van der Waals surface area contributed by atoms with Crippen LogP contribution >= 0.6 is 0 Å². The lowest BCUT2D eigenvalue weighted by molar-refractivity contribution is -0.142. The first kappa shape index (κ1) is 17.9. The van der Waals surface area contributed by atoms with Gasteiger partial charge in [0, 0.05) is 6.42 Å². The van der Waals surface area contributed by atoms with Crippen molar-refractivity contribution >= 4 is 11.9 Å². The molecule has 0 saturated carbocycles. The molecule has 19 heavy (non-hydrogen) atoms. The molecule has 0 aromatic rings. The molecular weight excluding hydrogens is 242 g/mol. The van der Waals surface area contributed by atoms with E-state index in [2.05, 4.69) is 12.2 Å². The molecule has 0 aromatic heterocycles. The van der Waals surface area contributed by atoms with Gasteiger partial charge in [-0.15, -0.1) is 0 Å².